The van der Waals surface area contributed by atoms with Crippen LogP contribution in [-0.4, -0.2) is 44.8 Å². The summed E-state index contributed by atoms with van der Waals surface area (Å²) in [5.74, 6) is -1.55. The lowest BCUT2D eigenvalue weighted by Crippen LogP contribution is -2.23. The summed E-state index contributed by atoms with van der Waals surface area (Å²) in [6.07, 6.45) is 0. The second-order valence-corrected chi connectivity index (χ2v) is 3.45. The van der Waals surface area contributed by atoms with Crippen LogP contribution in [0.5, 0.6) is 11.5 Å². The molecule has 0 amide bonds. The van der Waals surface area contributed by atoms with Crippen LogP contribution in [0.25, 0.3) is 0 Å². The fraction of sp³-hybridized carbons (Fsp3) is 0.273. The molecule has 0 radical (unpaired) electrons. The first kappa shape index (κ1) is 13.0. The monoisotopic (exact) mass is 239 g/mol. The van der Waals surface area contributed by atoms with Crippen molar-refractivity contribution in [3.05, 3.63) is 23.8 Å². The molecule has 0 aromatic heterocycles. The van der Waals surface area contributed by atoms with Gasteiger partial charge in [-0.25, -0.2) is 4.79 Å². The molecule has 1 aromatic carbocycles. The molecule has 1 aromatic rings. The van der Waals surface area contributed by atoms with Crippen molar-refractivity contribution in [2.75, 3.05) is 6.61 Å². The molecule has 0 bridgehead atoms. The number of carbonyl (C=O) groups is 1. The molecule has 4 N–H and O–H groups in total. The summed E-state index contributed by atoms with van der Waals surface area (Å²) >= 11 is 0. The molecule has 0 spiro atoms. The first-order valence-electron chi connectivity index (χ1n) is 4.86. The van der Waals surface area contributed by atoms with Crippen molar-refractivity contribution in [1.29, 1.82) is 0 Å². The van der Waals surface area contributed by atoms with Gasteiger partial charge in [-0.3, -0.25) is 4.99 Å². The molecular weight excluding hydrogens is 226 g/mol. The van der Waals surface area contributed by atoms with Crippen molar-refractivity contribution in [3.8, 4) is 11.5 Å². The second-order valence-electron chi connectivity index (χ2n) is 3.45. The summed E-state index contributed by atoms with van der Waals surface area (Å²) < 4.78 is 0. The van der Waals surface area contributed by atoms with Crippen molar-refractivity contribution in [1.82, 2.24) is 0 Å². The Morgan fingerprint density at radius 1 is 1.41 bits per heavy atom. The molecule has 0 saturated heterocycles. The number of hydrogen-bond donors (Lipinski definition) is 4. The van der Waals surface area contributed by atoms with E-state index in [9.17, 15) is 9.90 Å². The smallest absolute Gasteiger partial charge is 0.330 e. The third-order valence-corrected chi connectivity index (χ3v) is 2.18. The van der Waals surface area contributed by atoms with E-state index in [0.717, 1.165) is 6.07 Å². The molecule has 0 aliphatic carbocycles. The number of carboxylic acid groups (broad SMARTS) is 1. The summed E-state index contributed by atoms with van der Waals surface area (Å²) in [5, 5.41) is 36.2. The molecule has 6 nitrogen and oxygen atoms in total. The van der Waals surface area contributed by atoms with Gasteiger partial charge in [-0.15, -0.1) is 0 Å². The summed E-state index contributed by atoms with van der Waals surface area (Å²) in [6, 6.07) is 2.63. The zero-order valence-electron chi connectivity index (χ0n) is 9.16. The Morgan fingerprint density at radius 3 is 2.53 bits per heavy atom. The number of phenolic OH excluding ortho intramolecular Hbond substituents is 2. The first-order valence-corrected chi connectivity index (χ1v) is 4.86. The lowest BCUT2D eigenvalue weighted by molar-refractivity contribution is -0.139. The number of hydrogen-bond acceptors (Lipinski definition) is 5. The van der Waals surface area contributed by atoms with Crippen LogP contribution in [0.1, 0.15) is 12.5 Å². The predicted octanol–water partition coefficient (Wildman–Crippen LogP) is 0.352. The minimum absolute atomic E-state index is 0.101. The maximum absolute atomic E-state index is 10.7. The third-order valence-electron chi connectivity index (χ3n) is 2.18. The van der Waals surface area contributed by atoms with Gasteiger partial charge in [0.25, 0.3) is 0 Å². The van der Waals surface area contributed by atoms with Crippen LogP contribution in [0.3, 0.4) is 0 Å². The van der Waals surface area contributed by atoms with E-state index in [-0.39, 0.29) is 17.2 Å². The molecule has 0 aliphatic rings. The highest BCUT2D eigenvalue weighted by Crippen LogP contribution is 2.23. The molecule has 1 unspecified atom stereocenters. The van der Waals surface area contributed by atoms with E-state index in [4.69, 9.17) is 15.3 Å². The number of aliphatic hydroxyl groups is 1. The van der Waals surface area contributed by atoms with Crippen molar-refractivity contribution < 1.29 is 25.2 Å². The van der Waals surface area contributed by atoms with Crippen molar-refractivity contribution >= 4 is 11.7 Å². The van der Waals surface area contributed by atoms with Gasteiger partial charge in [0.1, 0.15) is 11.5 Å². The highest BCUT2D eigenvalue weighted by Gasteiger charge is 2.16. The van der Waals surface area contributed by atoms with E-state index in [1.54, 1.807) is 0 Å². The molecule has 6 heteroatoms. The van der Waals surface area contributed by atoms with E-state index >= 15 is 0 Å². The number of aromatic hydroxyl groups is 2. The van der Waals surface area contributed by atoms with Crippen LogP contribution in [0.2, 0.25) is 0 Å². The van der Waals surface area contributed by atoms with Gasteiger partial charge in [-0.05, 0) is 19.1 Å². The first-order chi connectivity index (χ1) is 7.95. The van der Waals surface area contributed by atoms with Crippen LogP contribution in [0, 0.1) is 0 Å². The van der Waals surface area contributed by atoms with Gasteiger partial charge in [0.2, 0.25) is 0 Å². The van der Waals surface area contributed by atoms with Crippen molar-refractivity contribution in [2.24, 2.45) is 4.99 Å². The lowest BCUT2D eigenvalue weighted by atomic mass is 10.1. The molecule has 0 saturated carbocycles. The molecule has 92 valence electrons. The van der Waals surface area contributed by atoms with Crippen LogP contribution < -0.4 is 0 Å². The maximum Gasteiger partial charge on any atom is 0.330 e. The third kappa shape index (κ3) is 3.18. The number of carboxylic acids is 1. The summed E-state index contributed by atoms with van der Waals surface area (Å²) in [4.78, 5) is 14.4. The average Bonchev–Trinajstić information content (AvgIpc) is 2.24. The SMILES string of the molecule is CC(=NC(CO)C(=O)O)c1ccc(O)cc1O. The Hall–Kier alpha value is -2.08. The van der Waals surface area contributed by atoms with E-state index < -0.39 is 18.6 Å². The zero-order chi connectivity index (χ0) is 13.0. The number of aliphatic imine (C=N–C) groups is 1. The van der Waals surface area contributed by atoms with Crippen molar-refractivity contribution in [2.45, 2.75) is 13.0 Å². The van der Waals surface area contributed by atoms with Gasteiger partial charge in [-0.1, -0.05) is 0 Å². The normalized spacial score (nSPS) is 13.4. The standard InChI is InChI=1S/C11H13NO5/c1-6(12-9(5-13)11(16)17)8-3-2-7(14)4-10(8)15/h2-4,9,13-15H,5H2,1H3,(H,16,17). The van der Waals surface area contributed by atoms with E-state index in [2.05, 4.69) is 4.99 Å². The van der Waals surface area contributed by atoms with Crippen molar-refractivity contribution in [3.63, 3.8) is 0 Å². The minimum atomic E-state index is -1.26. The largest absolute Gasteiger partial charge is 0.508 e. The minimum Gasteiger partial charge on any atom is -0.508 e. The maximum atomic E-state index is 10.7. The number of phenols is 2. The quantitative estimate of drug-likeness (QED) is 0.567. The van der Waals surface area contributed by atoms with Gasteiger partial charge in [0.05, 0.1) is 6.61 Å². The fourth-order valence-electron chi connectivity index (χ4n) is 1.30. The molecule has 1 atom stereocenters. The van der Waals surface area contributed by atoms with Crippen LogP contribution in [0.4, 0.5) is 0 Å². The van der Waals surface area contributed by atoms with Gasteiger partial charge in [-0.2, -0.15) is 0 Å². The summed E-state index contributed by atoms with van der Waals surface area (Å²) in [6.45, 7) is 0.892. The zero-order valence-corrected chi connectivity index (χ0v) is 9.16. The Balaban J connectivity index is 3.06. The predicted molar refractivity (Wildman–Crippen MR) is 60.5 cm³/mol. The highest BCUT2D eigenvalue weighted by molar-refractivity contribution is 6.02. The second kappa shape index (κ2) is 5.31. The molecule has 17 heavy (non-hydrogen) atoms. The molecule has 0 aliphatic heterocycles. The molecular formula is C11H13NO5. The Bertz CT molecular complexity index is 455. The topological polar surface area (TPSA) is 110 Å². The number of benzene rings is 1. The van der Waals surface area contributed by atoms with E-state index in [0.29, 0.717) is 5.56 Å². The number of aliphatic carboxylic acids is 1. The molecule has 0 fully saturated rings. The number of rotatable bonds is 4. The van der Waals surface area contributed by atoms with Crippen LogP contribution in [0.15, 0.2) is 23.2 Å². The fourth-order valence-corrected chi connectivity index (χ4v) is 1.30. The number of aliphatic hydroxyl groups excluding tert-OH is 1. The lowest BCUT2D eigenvalue weighted by Gasteiger charge is -2.08. The Labute approximate surface area is 97.5 Å². The summed E-state index contributed by atoms with van der Waals surface area (Å²) in [7, 11) is 0. The van der Waals surface area contributed by atoms with Gasteiger partial charge < -0.3 is 20.4 Å². The average molecular weight is 239 g/mol. The molecule has 1 rings (SSSR count). The number of nitrogens with zero attached hydrogens (tertiary/aromatic N) is 1. The summed E-state index contributed by atoms with van der Waals surface area (Å²) in [5.41, 5.74) is 0.575. The van der Waals surface area contributed by atoms with Crippen LogP contribution >= 0.6 is 0 Å². The van der Waals surface area contributed by atoms with E-state index in [1.165, 1.54) is 19.1 Å². The van der Waals surface area contributed by atoms with Gasteiger partial charge >= 0.3 is 5.97 Å². The molecule has 0 heterocycles. The highest BCUT2D eigenvalue weighted by atomic mass is 16.4. The van der Waals surface area contributed by atoms with Crippen LogP contribution in [-0.2, 0) is 4.79 Å². The Morgan fingerprint density at radius 2 is 2.06 bits per heavy atom. The Kier molecular flexibility index (Phi) is 4.06. The van der Waals surface area contributed by atoms with E-state index in [1.807, 2.05) is 0 Å². The van der Waals surface area contributed by atoms with Gasteiger partial charge in [0, 0.05) is 17.3 Å². The van der Waals surface area contributed by atoms with Gasteiger partial charge in [0.15, 0.2) is 6.04 Å².